The second kappa shape index (κ2) is 8.63. The Morgan fingerprint density at radius 3 is 2.84 bits per heavy atom. The number of nitrogens with zero attached hydrogens (tertiary/aromatic N) is 2. The maximum atomic E-state index is 12.3. The first-order valence-electron chi connectivity index (χ1n) is 8.49. The fraction of sp³-hybridized carbons (Fsp3) is 0.526. The van der Waals surface area contributed by atoms with Crippen LogP contribution in [0.15, 0.2) is 11.6 Å². The average molecular weight is 344 g/mol. The van der Waals surface area contributed by atoms with Gasteiger partial charge in [0.05, 0.1) is 6.61 Å². The molecule has 1 heterocycles. The van der Waals surface area contributed by atoms with E-state index in [4.69, 9.17) is 9.47 Å². The van der Waals surface area contributed by atoms with Crippen molar-refractivity contribution < 1.29 is 19.1 Å². The first-order valence-corrected chi connectivity index (χ1v) is 8.49. The first-order chi connectivity index (χ1) is 12.0. The average Bonchev–Trinajstić information content (AvgIpc) is 2.86. The molecular weight excluding hydrogens is 320 g/mol. The second-order valence-corrected chi connectivity index (χ2v) is 6.25. The van der Waals surface area contributed by atoms with E-state index >= 15 is 0 Å². The normalized spacial score (nSPS) is 18.1. The molecule has 25 heavy (non-hydrogen) atoms. The van der Waals surface area contributed by atoms with Crippen molar-refractivity contribution in [2.24, 2.45) is 0 Å². The molecular formula is C19H24N2O4. The van der Waals surface area contributed by atoms with Crippen molar-refractivity contribution in [2.75, 3.05) is 13.7 Å². The topological polar surface area (TPSA) is 81.3 Å². The summed E-state index contributed by atoms with van der Waals surface area (Å²) < 4.78 is 12.4. The van der Waals surface area contributed by atoms with Gasteiger partial charge in [0.1, 0.15) is 11.6 Å². The fourth-order valence-corrected chi connectivity index (χ4v) is 3.06. The fourth-order valence-electron chi connectivity index (χ4n) is 3.06. The van der Waals surface area contributed by atoms with Gasteiger partial charge < -0.3 is 14.0 Å². The van der Waals surface area contributed by atoms with Crippen LogP contribution in [-0.4, -0.2) is 36.1 Å². The van der Waals surface area contributed by atoms with E-state index < -0.39 is 12.1 Å². The maximum absolute atomic E-state index is 12.3. The molecule has 6 nitrogen and oxygen atoms in total. The van der Waals surface area contributed by atoms with Gasteiger partial charge in [-0.3, -0.25) is 4.79 Å². The van der Waals surface area contributed by atoms with E-state index in [2.05, 4.69) is 4.57 Å². The molecule has 0 spiro atoms. The molecule has 1 aromatic heterocycles. The maximum Gasteiger partial charge on any atom is 0.349 e. The van der Waals surface area contributed by atoms with Crippen LogP contribution in [0.5, 0.6) is 0 Å². The zero-order valence-corrected chi connectivity index (χ0v) is 15.0. The minimum atomic E-state index is -0.732. The smallest absolute Gasteiger partial charge is 0.349 e. The molecule has 1 fully saturated rings. The molecule has 0 N–H and O–H groups in total. The minimum Gasteiger partial charge on any atom is -0.450 e. The van der Waals surface area contributed by atoms with Crippen LogP contribution in [0.1, 0.15) is 42.6 Å². The summed E-state index contributed by atoms with van der Waals surface area (Å²) in [5.41, 5.74) is 2.67. The SMILES string of the molecule is COCCn1c(C)cc(/C=C(\C#N)C(=O)OC2CCCCC2=O)c1C. The second-order valence-electron chi connectivity index (χ2n) is 6.25. The largest absolute Gasteiger partial charge is 0.450 e. The number of hydrogen-bond acceptors (Lipinski definition) is 5. The molecule has 0 aromatic carbocycles. The minimum absolute atomic E-state index is 0.0605. The summed E-state index contributed by atoms with van der Waals surface area (Å²) in [4.78, 5) is 24.1. The monoisotopic (exact) mass is 344 g/mol. The van der Waals surface area contributed by atoms with Crippen LogP contribution in [0.25, 0.3) is 6.08 Å². The lowest BCUT2D eigenvalue weighted by Gasteiger charge is -2.20. The lowest BCUT2D eigenvalue weighted by molar-refractivity contribution is -0.152. The number of carbonyl (C=O) groups is 2. The van der Waals surface area contributed by atoms with Gasteiger partial charge in [0.25, 0.3) is 0 Å². The number of hydrogen-bond donors (Lipinski definition) is 0. The summed E-state index contributed by atoms with van der Waals surface area (Å²) in [7, 11) is 1.64. The molecule has 0 amide bonds. The molecule has 1 aromatic rings. The van der Waals surface area contributed by atoms with E-state index in [0.717, 1.165) is 29.8 Å². The van der Waals surface area contributed by atoms with E-state index in [0.29, 0.717) is 26.0 Å². The number of Topliss-reactive ketones (excluding diaryl/α,β-unsaturated/α-hetero) is 1. The first kappa shape index (κ1) is 18.9. The number of esters is 1. The highest BCUT2D eigenvalue weighted by Crippen LogP contribution is 2.21. The van der Waals surface area contributed by atoms with Gasteiger partial charge in [-0.1, -0.05) is 0 Å². The van der Waals surface area contributed by atoms with E-state index in [1.807, 2.05) is 26.0 Å². The number of carbonyl (C=O) groups excluding carboxylic acids is 2. The summed E-state index contributed by atoms with van der Waals surface area (Å²) in [6.45, 7) is 5.17. The summed E-state index contributed by atoms with van der Waals surface area (Å²) >= 11 is 0. The molecule has 0 saturated heterocycles. The predicted octanol–water partition coefficient (Wildman–Crippen LogP) is 2.71. The van der Waals surface area contributed by atoms with Crippen LogP contribution in [0.4, 0.5) is 0 Å². The Bertz CT molecular complexity index is 725. The molecule has 6 heteroatoms. The molecule has 134 valence electrons. The van der Waals surface area contributed by atoms with Crippen LogP contribution in [0.2, 0.25) is 0 Å². The van der Waals surface area contributed by atoms with Gasteiger partial charge in [-0.05, 0) is 50.8 Å². The Hall–Kier alpha value is -2.39. The van der Waals surface area contributed by atoms with Crippen molar-refractivity contribution in [3.8, 4) is 6.07 Å². The Balaban J connectivity index is 2.18. The molecule has 0 radical (unpaired) electrons. The van der Waals surface area contributed by atoms with E-state index in [1.165, 1.54) is 6.08 Å². The molecule has 1 aliphatic carbocycles. The lowest BCUT2D eigenvalue weighted by atomic mass is 9.96. The molecule has 1 aliphatic rings. The number of rotatable bonds is 6. The predicted molar refractivity (Wildman–Crippen MR) is 92.7 cm³/mol. The lowest BCUT2D eigenvalue weighted by Crippen LogP contribution is -2.30. The number of ketones is 1. The highest BCUT2D eigenvalue weighted by Gasteiger charge is 2.27. The summed E-state index contributed by atoms with van der Waals surface area (Å²) in [6.07, 6.45) is 3.48. The number of aryl methyl sites for hydroxylation is 1. The van der Waals surface area contributed by atoms with Crippen LogP contribution in [-0.2, 0) is 25.6 Å². The van der Waals surface area contributed by atoms with Crippen molar-refractivity contribution in [3.63, 3.8) is 0 Å². The highest BCUT2D eigenvalue weighted by molar-refractivity contribution is 5.99. The molecule has 0 aliphatic heterocycles. The third kappa shape index (κ3) is 4.58. The number of ether oxygens (including phenoxy) is 2. The standard InChI is InChI=1S/C19H24N2O4/c1-13-10-15(14(2)21(13)8-9-24-3)11-16(12-20)19(23)25-18-7-5-4-6-17(18)22/h10-11,18H,4-9H2,1-3H3/b16-11+. The van der Waals surface area contributed by atoms with Crippen molar-refractivity contribution >= 4 is 17.8 Å². The summed E-state index contributed by atoms with van der Waals surface area (Å²) in [5.74, 6) is -0.793. The Morgan fingerprint density at radius 1 is 1.44 bits per heavy atom. The molecule has 1 unspecified atom stereocenters. The molecule has 0 bridgehead atoms. The van der Waals surface area contributed by atoms with E-state index in [-0.39, 0.29) is 11.4 Å². The number of aromatic nitrogens is 1. The van der Waals surface area contributed by atoms with Crippen molar-refractivity contribution in [1.82, 2.24) is 4.57 Å². The number of nitriles is 1. The van der Waals surface area contributed by atoms with Crippen LogP contribution >= 0.6 is 0 Å². The van der Waals surface area contributed by atoms with Crippen LogP contribution in [0.3, 0.4) is 0 Å². The van der Waals surface area contributed by atoms with Crippen molar-refractivity contribution in [3.05, 3.63) is 28.6 Å². The van der Waals surface area contributed by atoms with Gasteiger partial charge in [-0.2, -0.15) is 5.26 Å². The van der Waals surface area contributed by atoms with Crippen molar-refractivity contribution in [2.45, 2.75) is 52.2 Å². The van der Waals surface area contributed by atoms with Gasteiger partial charge in [-0.25, -0.2) is 4.79 Å². The molecule has 1 atom stereocenters. The van der Waals surface area contributed by atoms with Crippen molar-refractivity contribution in [1.29, 1.82) is 5.26 Å². The van der Waals surface area contributed by atoms with E-state index in [1.54, 1.807) is 7.11 Å². The Labute approximate surface area is 148 Å². The zero-order valence-electron chi connectivity index (χ0n) is 15.0. The quantitative estimate of drug-likeness (QED) is 0.450. The highest BCUT2D eigenvalue weighted by atomic mass is 16.5. The Kier molecular flexibility index (Phi) is 6.54. The third-order valence-corrected chi connectivity index (χ3v) is 4.52. The van der Waals surface area contributed by atoms with Gasteiger partial charge in [0.2, 0.25) is 0 Å². The molecule has 1 saturated carbocycles. The van der Waals surface area contributed by atoms with Gasteiger partial charge >= 0.3 is 5.97 Å². The van der Waals surface area contributed by atoms with Gasteiger partial charge in [0.15, 0.2) is 11.9 Å². The van der Waals surface area contributed by atoms with Crippen LogP contribution < -0.4 is 0 Å². The number of methoxy groups -OCH3 is 1. The third-order valence-electron chi connectivity index (χ3n) is 4.52. The Morgan fingerprint density at radius 2 is 2.20 bits per heavy atom. The molecule has 2 rings (SSSR count). The van der Waals surface area contributed by atoms with Crippen LogP contribution in [0, 0.1) is 25.2 Å². The van der Waals surface area contributed by atoms with E-state index in [9.17, 15) is 14.9 Å². The van der Waals surface area contributed by atoms with Gasteiger partial charge in [-0.15, -0.1) is 0 Å². The zero-order chi connectivity index (χ0) is 18.4. The summed E-state index contributed by atoms with van der Waals surface area (Å²) in [5, 5.41) is 9.33. The van der Waals surface area contributed by atoms with Gasteiger partial charge in [0, 0.05) is 31.5 Å². The summed E-state index contributed by atoms with van der Waals surface area (Å²) in [6, 6.07) is 3.81.